The quantitative estimate of drug-likeness (QED) is 0.640. The van der Waals surface area contributed by atoms with Crippen LogP contribution >= 0.6 is 27.3 Å². The lowest BCUT2D eigenvalue weighted by molar-refractivity contribution is 0.630. The van der Waals surface area contributed by atoms with Crippen molar-refractivity contribution < 1.29 is 4.39 Å². The van der Waals surface area contributed by atoms with Crippen molar-refractivity contribution in [1.29, 1.82) is 0 Å². The zero-order valence-electron chi connectivity index (χ0n) is 10.4. The molecule has 0 bridgehead atoms. The lowest BCUT2D eigenvalue weighted by Crippen LogP contribution is -1.84. The molecule has 1 aliphatic carbocycles. The maximum Gasteiger partial charge on any atom is 0.171 e. The van der Waals surface area contributed by atoms with Crippen molar-refractivity contribution in [3.63, 3.8) is 0 Å². The minimum Gasteiger partial charge on any atom is -0.236 e. The van der Waals surface area contributed by atoms with Gasteiger partial charge in [0, 0.05) is 16.2 Å². The van der Waals surface area contributed by atoms with Gasteiger partial charge in [-0.25, -0.2) is 14.4 Å². The summed E-state index contributed by atoms with van der Waals surface area (Å²) in [6.45, 7) is 0. The highest BCUT2D eigenvalue weighted by atomic mass is 79.9. The first-order chi connectivity index (χ1) is 9.72. The zero-order valence-corrected chi connectivity index (χ0v) is 12.8. The number of rotatable bonds is 2. The van der Waals surface area contributed by atoms with Crippen LogP contribution in [0.15, 0.2) is 34.9 Å². The molecule has 2 aromatic heterocycles. The summed E-state index contributed by atoms with van der Waals surface area (Å²) in [7, 11) is 0. The molecule has 0 saturated heterocycles. The predicted octanol–water partition coefficient (Wildman–Crippen LogP) is 5.14. The van der Waals surface area contributed by atoms with Crippen LogP contribution in [-0.4, -0.2) is 9.97 Å². The van der Waals surface area contributed by atoms with E-state index in [0.717, 1.165) is 14.8 Å². The number of thiazole rings is 1. The summed E-state index contributed by atoms with van der Waals surface area (Å²) in [5, 5.41) is 0.700. The van der Waals surface area contributed by atoms with E-state index in [9.17, 15) is 4.39 Å². The van der Waals surface area contributed by atoms with Crippen molar-refractivity contribution in [2.24, 2.45) is 0 Å². The molecule has 20 heavy (non-hydrogen) atoms. The molecule has 0 spiro atoms. The van der Waals surface area contributed by atoms with Crippen LogP contribution in [0.4, 0.5) is 4.39 Å². The molecule has 5 heteroatoms. The van der Waals surface area contributed by atoms with Crippen LogP contribution in [0.5, 0.6) is 0 Å². The van der Waals surface area contributed by atoms with Gasteiger partial charge in [-0.3, -0.25) is 0 Å². The molecular weight excluding hydrogens is 339 g/mol. The number of hydrogen-bond acceptors (Lipinski definition) is 3. The first-order valence-electron chi connectivity index (χ1n) is 6.43. The van der Waals surface area contributed by atoms with E-state index in [0.29, 0.717) is 16.5 Å². The minimum absolute atomic E-state index is 0.258. The van der Waals surface area contributed by atoms with E-state index in [1.54, 1.807) is 12.3 Å². The highest BCUT2D eigenvalue weighted by Crippen LogP contribution is 2.45. The molecule has 1 aliphatic rings. The van der Waals surface area contributed by atoms with Gasteiger partial charge in [0.15, 0.2) is 5.65 Å². The Morgan fingerprint density at radius 1 is 1.25 bits per heavy atom. The third-order valence-electron chi connectivity index (χ3n) is 3.50. The average molecular weight is 349 g/mol. The SMILES string of the molecule is Fc1cc(Br)ccc1-c1nc2nccc(C3CC3)c2s1. The van der Waals surface area contributed by atoms with Crippen LogP contribution in [0.25, 0.3) is 20.9 Å². The molecule has 1 aromatic carbocycles. The first kappa shape index (κ1) is 12.4. The summed E-state index contributed by atoms with van der Waals surface area (Å²) in [6.07, 6.45) is 4.27. The second-order valence-corrected chi connectivity index (χ2v) is 6.89. The van der Waals surface area contributed by atoms with Crippen molar-refractivity contribution in [2.45, 2.75) is 18.8 Å². The molecular formula is C15H10BrFN2S. The van der Waals surface area contributed by atoms with E-state index in [4.69, 9.17) is 0 Å². The Hall–Kier alpha value is -1.33. The Morgan fingerprint density at radius 2 is 2.10 bits per heavy atom. The van der Waals surface area contributed by atoms with Gasteiger partial charge < -0.3 is 0 Å². The number of pyridine rings is 1. The van der Waals surface area contributed by atoms with Crippen molar-refractivity contribution in [2.75, 3.05) is 0 Å². The van der Waals surface area contributed by atoms with Crippen LogP contribution in [0.3, 0.4) is 0 Å². The first-order valence-corrected chi connectivity index (χ1v) is 8.04. The smallest absolute Gasteiger partial charge is 0.171 e. The van der Waals surface area contributed by atoms with Crippen molar-refractivity contribution >= 4 is 37.6 Å². The molecule has 2 heterocycles. The standard InChI is InChI=1S/C15H10BrFN2S/c16-9-3-4-11(12(17)7-9)15-19-14-13(20-15)10(5-6-18-14)8-1-2-8/h3-8H,1-2H2. The van der Waals surface area contributed by atoms with E-state index in [1.165, 1.54) is 35.8 Å². The maximum absolute atomic E-state index is 14.1. The van der Waals surface area contributed by atoms with Gasteiger partial charge in [0.2, 0.25) is 0 Å². The van der Waals surface area contributed by atoms with Gasteiger partial charge in [-0.2, -0.15) is 0 Å². The van der Waals surface area contributed by atoms with E-state index in [2.05, 4.69) is 32.0 Å². The minimum atomic E-state index is -0.258. The van der Waals surface area contributed by atoms with Crippen molar-refractivity contribution in [3.05, 3.63) is 46.3 Å². The largest absolute Gasteiger partial charge is 0.236 e. The number of fused-ring (bicyclic) bond motifs is 1. The Balaban J connectivity index is 1.90. The van der Waals surface area contributed by atoms with E-state index in [1.807, 2.05) is 6.07 Å². The molecule has 0 N–H and O–H groups in total. The summed E-state index contributed by atoms with van der Waals surface area (Å²) in [5.41, 5.74) is 2.59. The fourth-order valence-corrected chi connectivity index (χ4v) is 3.82. The molecule has 0 aliphatic heterocycles. The topological polar surface area (TPSA) is 25.8 Å². The molecule has 2 nitrogen and oxygen atoms in total. The van der Waals surface area contributed by atoms with Gasteiger partial charge in [0.25, 0.3) is 0 Å². The van der Waals surface area contributed by atoms with Crippen LogP contribution in [-0.2, 0) is 0 Å². The Kier molecular flexibility index (Phi) is 2.86. The van der Waals surface area contributed by atoms with Gasteiger partial charge in [-0.15, -0.1) is 11.3 Å². The van der Waals surface area contributed by atoms with Gasteiger partial charge in [0.1, 0.15) is 10.8 Å². The van der Waals surface area contributed by atoms with Crippen molar-refractivity contribution in [1.82, 2.24) is 9.97 Å². The van der Waals surface area contributed by atoms with Gasteiger partial charge in [-0.1, -0.05) is 15.9 Å². The third-order valence-corrected chi connectivity index (χ3v) is 5.12. The molecule has 0 atom stereocenters. The Labute approximate surface area is 127 Å². The number of nitrogens with zero attached hydrogens (tertiary/aromatic N) is 2. The normalized spacial score (nSPS) is 14.9. The van der Waals surface area contributed by atoms with Crippen LogP contribution in [0.2, 0.25) is 0 Å². The maximum atomic E-state index is 14.1. The number of halogens is 2. The highest BCUT2D eigenvalue weighted by molar-refractivity contribution is 9.10. The predicted molar refractivity (Wildman–Crippen MR) is 82.5 cm³/mol. The number of aromatic nitrogens is 2. The highest BCUT2D eigenvalue weighted by Gasteiger charge is 2.27. The van der Waals surface area contributed by atoms with Gasteiger partial charge in [-0.05, 0) is 48.6 Å². The fraction of sp³-hybridized carbons (Fsp3) is 0.200. The molecule has 1 fully saturated rings. The molecule has 100 valence electrons. The molecule has 0 unspecified atom stereocenters. The Morgan fingerprint density at radius 3 is 2.85 bits per heavy atom. The lowest BCUT2D eigenvalue weighted by atomic mass is 10.2. The summed E-state index contributed by atoms with van der Waals surface area (Å²) < 4.78 is 15.9. The fourth-order valence-electron chi connectivity index (χ4n) is 2.35. The Bertz CT molecular complexity index is 811. The zero-order chi connectivity index (χ0) is 13.7. The van der Waals surface area contributed by atoms with Gasteiger partial charge in [0.05, 0.1) is 4.70 Å². The molecule has 1 saturated carbocycles. The van der Waals surface area contributed by atoms with Crippen LogP contribution < -0.4 is 0 Å². The summed E-state index contributed by atoms with van der Waals surface area (Å²) in [4.78, 5) is 8.81. The second-order valence-electron chi connectivity index (χ2n) is 4.97. The van der Waals surface area contributed by atoms with E-state index < -0.39 is 0 Å². The lowest BCUT2D eigenvalue weighted by Gasteiger charge is -1.98. The number of hydrogen-bond donors (Lipinski definition) is 0. The van der Waals surface area contributed by atoms with Gasteiger partial charge >= 0.3 is 0 Å². The molecule has 0 amide bonds. The summed E-state index contributed by atoms with van der Waals surface area (Å²) >= 11 is 4.81. The second kappa shape index (κ2) is 4.60. The molecule has 4 rings (SSSR count). The monoisotopic (exact) mass is 348 g/mol. The van der Waals surface area contributed by atoms with Crippen LogP contribution in [0, 0.1) is 5.82 Å². The number of benzene rings is 1. The molecule has 0 radical (unpaired) electrons. The summed E-state index contributed by atoms with van der Waals surface area (Å²) in [6, 6.07) is 7.13. The average Bonchev–Trinajstić information content (AvgIpc) is 3.17. The van der Waals surface area contributed by atoms with Crippen molar-refractivity contribution in [3.8, 4) is 10.6 Å². The van der Waals surface area contributed by atoms with E-state index in [-0.39, 0.29) is 5.82 Å². The summed E-state index contributed by atoms with van der Waals surface area (Å²) in [5.74, 6) is 0.384. The molecule has 3 aromatic rings. The third kappa shape index (κ3) is 2.05. The van der Waals surface area contributed by atoms with Crippen LogP contribution in [0.1, 0.15) is 24.3 Å². The van der Waals surface area contributed by atoms with E-state index >= 15 is 0 Å².